The summed E-state index contributed by atoms with van der Waals surface area (Å²) in [4.78, 5) is 18.1. The zero-order valence-corrected chi connectivity index (χ0v) is 24.6. The van der Waals surface area contributed by atoms with Gasteiger partial charge < -0.3 is 15.0 Å². The molecule has 0 spiro atoms. The molecule has 0 radical (unpaired) electrons. The molecule has 1 saturated carbocycles. The van der Waals surface area contributed by atoms with E-state index in [0.29, 0.717) is 23.3 Å². The number of hydrogen-bond donors (Lipinski definition) is 2. The van der Waals surface area contributed by atoms with Crippen molar-refractivity contribution in [2.75, 3.05) is 35.9 Å². The molecule has 1 aliphatic carbocycles. The highest BCUT2D eigenvalue weighted by Gasteiger charge is 2.46. The average molecular weight is 577 g/mol. The highest BCUT2D eigenvalue weighted by Crippen LogP contribution is 2.41. The number of carbonyl (C=O) groups excluding carboxylic acids is 1. The van der Waals surface area contributed by atoms with Crippen LogP contribution in [-0.4, -0.2) is 56.2 Å². The van der Waals surface area contributed by atoms with Crippen LogP contribution in [0.1, 0.15) is 38.2 Å². The average Bonchev–Trinajstić information content (AvgIpc) is 3.20. The maximum absolute atomic E-state index is 13.4. The van der Waals surface area contributed by atoms with E-state index in [4.69, 9.17) is 4.74 Å². The number of rotatable bonds is 11. The van der Waals surface area contributed by atoms with Crippen molar-refractivity contribution in [2.24, 2.45) is 11.8 Å². The van der Waals surface area contributed by atoms with E-state index < -0.39 is 10.0 Å². The summed E-state index contributed by atoms with van der Waals surface area (Å²) in [5, 5.41) is 3.14. The summed E-state index contributed by atoms with van der Waals surface area (Å²) in [5.41, 5.74) is 2.57. The van der Waals surface area contributed by atoms with E-state index in [1.54, 1.807) is 24.3 Å². The van der Waals surface area contributed by atoms with Crippen LogP contribution in [0.25, 0.3) is 0 Å². The second kappa shape index (κ2) is 13.0. The molecule has 2 fully saturated rings. The Labute approximate surface area is 243 Å². The number of likely N-dealkylation sites (tertiary alicyclic amines) is 1. The Morgan fingerprint density at radius 1 is 0.902 bits per heavy atom. The molecule has 1 heterocycles. The van der Waals surface area contributed by atoms with Crippen molar-refractivity contribution in [3.63, 3.8) is 0 Å². The normalized spacial score (nSPS) is 20.4. The molecule has 9 heteroatoms. The molecular weight excluding hydrogens is 536 g/mol. The van der Waals surface area contributed by atoms with Gasteiger partial charge in [-0.2, -0.15) is 0 Å². The third kappa shape index (κ3) is 7.80. The van der Waals surface area contributed by atoms with Gasteiger partial charge in [-0.15, -0.1) is 0 Å². The number of hydrogen-bond acceptors (Lipinski definition) is 5. The second-order valence-electron chi connectivity index (χ2n) is 11.3. The van der Waals surface area contributed by atoms with Gasteiger partial charge in [0.2, 0.25) is 10.0 Å². The third-order valence-corrected chi connectivity index (χ3v) is 8.59. The van der Waals surface area contributed by atoms with E-state index >= 15 is 0 Å². The number of amides is 2. The lowest BCUT2D eigenvalue weighted by atomic mass is 9.90. The molecule has 1 saturated heterocycles. The molecule has 1 aliphatic heterocycles. The van der Waals surface area contributed by atoms with Crippen molar-refractivity contribution < 1.29 is 17.9 Å². The minimum atomic E-state index is -3.31. The fourth-order valence-corrected chi connectivity index (χ4v) is 6.79. The number of para-hydroxylation sites is 1. The minimum absolute atomic E-state index is 0.0249. The lowest BCUT2D eigenvalue weighted by Gasteiger charge is -2.43. The summed E-state index contributed by atoms with van der Waals surface area (Å²) >= 11 is 0. The molecule has 2 amide bonds. The van der Waals surface area contributed by atoms with Gasteiger partial charge in [0.25, 0.3) is 0 Å². The molecule has 41 heavy (non-hydrogen) atoms. The number of sulfonamides is 1. The predicted molar refractivity (Wildman–Crippen MR) is 164 cm³/mol. The summed E-state index contributed by atoms with van der Waals surface area (Å²) in [6, 6.07) is 25.0. The lowest BCUT2D eigenvalue weighted by molar-refractivity contribution is 0.0644. The molecule has 2 atom stereocenters. The first-order valence-electron chi connectivity index (χ1n) is 14.5. The maximum atomic E-state index is 13.4. The van der Waals surface area contributed by atoms with Crippen LogP contribution in [0.5, 0.6) is 11.5 Å². The fraction of sp³-hybridized carbons (Fsp3) is 0.406. The van der Waals surface area contributed by atoms with E-state index in [2.05, 4.69) is 38.9 Å². The fourth-order valence-electron chi connectivity index (χ4n) is 6.22. The van der Waals surface area contributed by atoms with Crippen LogP contribution in [0.3, 0.4) is 0 Å². The van der Waals surface area contributed by atoms with Gasteiger partial charge in [0.1, 0.15) is 11.5 Å². The largest absolute Gasteiger partial charge is 0.457 e. The van der Waals surface area contributed by atoms with E-state index in [0.717, 1.165) is 56.7 Å². The molecule has 218 valence electrons. The quantitative estimate of drug-likeness (QED) is 0.276. The number of carbonyl (C=O) groups is 1. The molecular formula is C32H40N4O4S. The van der Waals surface area contributed by atoms with Gasteiger partial charge in [-0.3, -0.25) is 9.62 Å². The summed E-state index contributed by atoms with van der Waals surface area (Å²) in [7, 11) is -3.31. The predicted octanol–water partition coefficient (Wildman–Crippen LogP) is 6.40. The SMILES string of the molecule is CCCCN(C(=O)Nc1ccccc1)C1C2CCC1CN(Cc1ccc(Oc3ccc(NS(C)(=O)=O)cc3)cc1)C2. The van der Waals surface area contributed by atoms with Crippen molar-refractivity contribution in [3.8, 4) is 11.5 Å². The summed E-state index contributed by atoms with van der Waals surface area (Å²) < 4.78 is 31.2. The first kappa shape index (κ1) is 29.0. The summed E-state index contributed by atoms with van der Waals surface area (Å²) in [6.07, 6.45) is 5.53. The van der Waals surface area contributed by atoms with Crippen LogP contribution in [0.2, 0.25) is 0 Å². The first-order valence-corrected chi connectivity index (χ1v) is 16.4. The van der Waals surface area contributed by atoms with E-state index in [1.807, 2.05) is 42.5 Å². The molecule has 3 aromatic rings. The lowest BCUT2D eigenvalue weighted by Crippen LogP contribution is -2.55. The monoisotopic (exact) mass is 576 g/mol. The highest BCUT2D eigenvalue weighted by molar-refractivity contribution is 7.92. The Balaban J connectivity index is 1.17. The Bertz CT molecular complexity index is 1380. The van der Waals surface area contributed by atoms with Crippen molar-refractivity contribution in [3.05, 3.63) is 84.4 Å². The number of nitrogens with zero attached hydrogens (tertiary/aromatic N) is 2. The zero-order chi connectivity index (χ0) is 28.8. The van der Waals surface area contributed by atoms with Gasteiger partial charge in [-0.1, -0.05) is 43.7 Å². The number of unbranched alkanes of at least 4 members (excludes halogenated alkanes) is 1. The second-order valence-corrected chi connectivity index (χ2v) is 13.0. The Morgan fingerprint density at radius 3 is 2.10 bits per heavy atom. The summed E-state index contributed by atoms with van der Waals surface area (Å²) in [6.45, 7) is 5.83. The Morgan fingerprint density at radius 2 is 1.51 bits per heavy atom. The minimum Gasteiger partial charge on any atom is -0.457 e. The van der Waals surface area contributed by atoms with Crippen molar-refractivity contribution >= 4 is 27.4 Å². The Kier molecular flexibility index (Phi) is 9.15. The zero-order valence-electron chi connectivity index (χ0n) is 23.8. The molecule has 8 nitrogen and oxygen atoms in total. The van der Waals surface area contributed by atoms with Crippen LogP contribution in [0.4, 0.5) is 16.2 Å². The third-order valence-electron chi connectivity index (χ3n) is 7.98. The van der Waals surface area contributed by atoms with Crippen LogP contribution < -0.4 is 14.8 Å². The number of nitrogens with one attached hydrogen (secondary N) is 2. The van der Waals surface area contributed by atoms with Gasteiger partial charge in [0.15, 0.2) is 0 Å². The number of piperidine rings is 1. The standard InChI is InChI=1S/C32H40N4O4S/c1-3-4-20-36(32(37)33-27-8-6-5-7-9-27)31-25-12-13-26(31)23-35(22-25)21-24-10-16-29(17-11-24)40-30-18-14-28(15-19-30)34-41(2,38)39/h5-11,14-19,25-26,31,34H,3-4,12-13,20-23H2,1-2H3,(H,33,37). The van der Waals surface area contributed by atoms with Crippen molar-refractivity contribution in [1.82, 2.24) is 9.80 Å². The van der Waals surface area contributed by atoms with Crippen LogP contribution in [0, 0.1) is 11.8 Å². The number of benzene rings is 3. The van der Waals surface area contributed by atoms with Gasteiger partial charge >= 0.3 is 6.03 Å². The van der Waals surface area contributed by atoms with Crippen LogP contribution in [0.15, 0.2) is 78.9 Å². The molecule has 2 aliphatic rings. The topological polar surface area (TPSA) is 91.0 Å². The number of fused-ring (bicyclic) bond motifs is 2. The van der Waals surface area contributed by atoms with Crippen LogP contribution >= 0.6 is 0 Å². The maximum Gasteiger partial charge on any atom is 0.322 e. The van der Waals surface area contributed by atoms with E-state index in [1.165, 1.54) is 18.4 Å². The van der Waals surface area contributed by atoms with Crippen molar-refractivity contribution in [1.29, 1.82) is 0 Å². The first-order chi connectivity index (χ1) is 19.8. The van der Waals surface area contributed by atoms with Gasteiger partial charge in [0.05, 0.1) is 6.26 Å². The highest BCUT2D eigenvalue weighted by atomic mass is 32.2. The smallest absolute Gasteiger partial charge is 0.322 e. The number of urea groups is 1. The van der Waals surface area contributed by atoms with E-state index in [9.17, 15) is 13.2 Å². The molecule has 2 N–H and O–H groups in total. The van der Waals surface area contributed by atoms with E-state index in [-0.39, 0.29) is 12.1 Å². The van der Waals surface area contributed by atoms with Gasteiger partial charge in [-0.25, -0.2) is 13.2 Å². The molecule has 5 rings (SSSR count). The van der Waals surface area contributed by atoms with Gasteiger partial charge in [0, 0.05) is 43.6 Å². The number of anilines is 2. The molecule has 2 bridgehead atoms. The number of ether oxygens (including phenoxy) is 1. The van der Waals surface area contributed by atoms with Crippen LogP contribution in [-0.2, 0) is 16.6 Å². The molecule has 2 unspecified atom stereocenters. The molecule has 3 aromatic carbocycles. The van der Waals surface area contributed by atoms with Gasteiger partial charge in [-0.05, 0) is 85.2 Å². The summed E-state index contributed by atoms with van der Waals surface area (Å²) in [5.74, 6) is 2.33. The molecule has 0 aromatic heterocycles. The Hall–Kier alpha value is -3.56. The van der Waals surface area contributed by atoms with Crippen molar-refractivity contribution in [2.45, 2.75) is 45.2 Å².